The van der Waals surface area contributed by atoms with Crippen LogP contribution in [0.1, 0.15) is 37.7 Å². The van der Waals surface area contributed by atoms with Crippen LogP contribution in [0, 0.1) is 17.7 Å². The lowest BCUT2D eigenvalue weighted by molar-refractivity contribution is -0.123. The molecule has 0 amide bonds. The Bertz CT molecular complexity index is 799. The van der Waals surface area contributed by atoms with Gasteiger partial charge in [-0.3, -0.25) is 14.5 Å². The van der Waals surface area contributed by atoms with E-state index in [2.05, 4.69) is 19.4 Å². The number of aryl methyl sites for hydroxylation is 1. The van der Waals surface area contributed by atoms with Crippen molar-refractivity contribution < 1.29 is 24.2 Å². The summed E-state index contributed by atoms with van der Waals surface area (Å²) in [7, 11) is 0. The van der Waals surface area contributed by atoms with Gasteiger partial charge in [-0.25, -0.2) is 9.37 Å². The highest BCUT2D eigenvalue weighted by molar-refractivity contribution is 5.33. The molecule has 2 N–H and O–H groups in total. The van der Waals surface area contributed by atoms with E-state index in [1.807, 2.05) is 30.9 Å². The minimum Gasteiger partial charge on any atom is -0.483 e. The van der Waals surface area contributed by atoms with Gasteiger partial charge in [-0.1, -0.05) is 18.2 Å². The number of nitrogens with zero attached hydrogens (tertiary/aromatic N) is 4. The molecule has 0 atom stereocenters. The van der Waals surface area contributed by atoms with E-state index in [0.717, 1.165) is 43.6 Å². The lowest BCUT2D eigenvalue weighted by Gasteiger charge is -2.40. The van der Waals surface area contributed by atoms with Crippen LogP contribution in [0.2, 0.25) is 0 Å². The molecule has 0 aliphatic carbocycles. The lowest BCUT2D eigenvalue weighted by atomic mass is 9.78. The summed E-state index contributed by atoms with van der Waals surface area (Å²) < 4.78 is 16.0. The highest BCUT2D eigenvalue weighted by Crippen LogP contribution is 2.33. The van der Waals surface area contributed by atoms with Gasteiger partial charge < -0.3 is 19.7 Å². The molecule has 3 heterocycles. The molecule has 188 valence electrons. The molecule has 2 fully saturated rings. The standard InChI is InChI=1S/C23H33FN4.2CH2O2/c24-23-5-2-1-4-22(23)18-27-15-8-21(9-16-27)20-6-13-26(14-7-20)11-3-12-28-17-10-25-19-28;2*2-1-3/h1-2,4-5,10,17,19-21H,3,6-9,11-16,18H2;2*1H,(H,2,3). The van der Waals surface area contributed by atoms with Crippen LogP contribution >= 0.6 is 0 Å². The maximum Gasteiger partial charge on any atom is 0.290 e. The molecule has 0 bridgehead atoms. The summed E-state index contributed by atoms with van der Waals surface area (Å²) in [6.45, 7) is 7.27. The molecule has 1 aromatic heterocycles. The van der Waals surface area contributed by atoms with E-state index < -0.39 is 0 Å². The molecule has 2 aliphatic rings. The SMILES string of the molecule is Fc1ccccc1CN1CCC(C2CCN(CCCn3ccnc3)CC2)CC1.O=CO.O=CO. The van der Waals surface area contributed by atoms with Crippen molar-refractivity contribution in [3.63, 3.8) is 0 Å². The first-order chi connectivity index (χ1) is 16.6. The molecule has 0 unspecified atom stereocenters. The van der Waals surface area contributed by atoms with Crippen LogP contribution in [0.25, 0.3) is 0 Å². The zero-order valence-corrected chi connectivity index (χ0v) is 19.7. The van der Waals surface area contributed by atoms with E-state index >= 15 is 0 Å². The first-order valence-corrected chi connectivity index (χ1v) is 11.9. The predicted octanol–water partition coefficient (Wildman–Crippen LogP) is 3.44. The largest absolute Gasteiger partial charge is 0.483 e. The van der Waals surface area contributed by atoms with E-state index in [-0.39, 0.29) is 18.8 Å². The number of piperidine rings is 2. The number of likely N-dealkylation sites (tertiary alicyclic amines) is 2. The molecule has 0 radical (unpaired) electrons. The molecule has 8 nitrogen and oxygen atoms in total. The van der Waals surface area contributed by atoms with Crippen LogP contribution in [-0.2, 0) is 22.7 Å². The summed E-state index contributed by atoms with van der Waals surface area (Å²) >= 11 is 0. The quantitative estimate of drug-likeness (QED) is 0.591. The summed E-state index contributed by atoms with van der Waals surface area (Å²) in [5, 5.41) is 13.8. The number of carboxylic acid groups (broad SMARTS) is 2. The Labute approximate surface area is 201 Å². The van der Waals surface area contributed by atoms with Gasteiger partial charge in [0.15, 0.2) is 0 Å². The number of benzene rings is 1. The maximum absolute atomic E-state index is 13.9. The topological polar surface area (TPSA) is 98.9 Å². The first-order valence-electron chi connectivity index (χ1n) is 11.9. The fraction of sp³-hybridized carbons (Fsp3) is 0.560. The second-order valence-corrected chi connectivity index (χ2v) is 8.75. The average Bonchev–Trinajstić information content (AvgIpc) is 3.36. The van der Waals surface area contributed by atoms with E-state index in [9.17, 15) is 4.39 Å². The molecular formula is C25H37FN4O4. The van der Waals surface area contributed by atoms with Crippen molar-refractivity contribution in [1.29, 1.82) is 0 Å². The van der Waals surface area contributed by atoms with Crippen molar-refractivity contribution in [2.45, 2.75) is 45.2 Å². The number of aromatic nitrogens is 2. The Balaban J connectivity index is 0.000000618. The minimum atomic E-state index is -0.250. The molecule has 2 aromatic rings. The second-order valence-electron chi connectivity index (χ2n) is 8.75. The van der Waals surface area contributed by atoms with Crippen LogP contribution in [0.5, 0.6) is 0 Å². The van der Waals surface area contributed by atoms with E-state index in [4.69, 9.17) is 19.8 Å². The van der Waals surface area contributed by atoms with Gasteiger partial charge in [0.2, 0.25) is 0 Å². The molecule has 4 rings (SSSR count). The molecular weight excluding hydrogens is 439 g/mol. The fourth-order valence-corrected chi connectivity index (χ4v) is 4.99. The van der Waals surface area contributed by atoms with E-state index in [1.54, 1.807) is 12.1 Å². The Morgan fingerprint density at radius 2 is 1.47 bits per heavy atom. The van der Waals surface area contributed by atoms with Crippen molar-refractivity contribution in [3.8, 4) is 0 Å². The number of halogens is 1. The van der Waals surface area contributed by atoms with Gasteiger partial charge in [-0.2, -0.15) is 0 Å². The summed E-state index contributed by atoms with van der Waals surface area (Å²) in [5.74, 6) is 1.69. The van der Waals surface area contributed by atoms with E-state index in [1.165, 1.54) is 51.7 Å². The van der Waals surface area contributed by atoms with Crippen LogP contribution in [0.3, 0.4) is 0 Å². The van der Waals surface area contributed by atoms with Gasteiger partial charge in [0.25, 0.3) is 12.9 Å². The molecule has 34 heavy (non-hydrogen) atoms. The van der Waals surface area contributed by atoms with Crippen LogP contribution < -0.4 is 0 Å². The van der Waals surface area contributed by atoms with Gasteiger partial charge in [-0.15, -0.1) is 0 Å². The molecule has 2 aliphatic heterocycles. The van der Waals surface area contributed by atoms with Gasteiger partial charge in [0.05, 0.1) is 6.33 Å². The normalized spacial score (nSPS) is 17.7. The Morgan fingerprint density at radius 3 is 2.00 bits per heavy atom. The zero-order chi connectivity index (χ0) is 24.6. The van der Waals surface area contributed by atoms with Crippen LogP contribution in [0.15, 0.2) is 43.0 Å². The number of imidazole rings is 1. The van der Waals surface area contributed by atoms with Gasteiger partial charge in [0, 0.05) is 31.0 Å². The highest BCUT2D eigenvalue weighted by atomic mass is 19.1. The number of hydrogen-bond acceptors (Lipinski definition) is 5. The molecule has 1 aromatic carbocycles. The Morgan fingerprint density at radius 1 is 0.912 bits per heavy atom. The molecule has 0 saturated carbocycles. The second kappa shape index (κ2) is 16.0. The number of carbonyl (C=O) groups is 2. The number of hydrogen-bond donors (Lipinski definition) is 2. The van der Waals surface area contributed by atoms with Crippen molar-refractivity contribution in [2.24, 2.45) is 11.8 Å². The molecule has 9 heteroatoms. The van der Waals surface area contributed by atoms with Crippen molar-refractivity contribution in [2.75, 3.05) is 32.7 Å². The van der Waals surface area contributed by atoms with Gasteiger partial charge in [-0.05, 0) is 82.7 Å². The molecule has 0 spiro atoms. The van der Waals surface area contributed by atoms with Gasteiger partial charge >= 0.3 is 0 Å². The van der Waals surface area contributed by atoms with E-state index in [0.29, 0.717) is 0 Å². The Kier molecular flexibility index (Phi) is 12.9. The average molecular weight is 477 g/mol. The van der Waals surface area contributed by atoms with Crippen molar-refractivity contribution in [1.82, 2.24) is 19.4 Å². The third kappa shape index (κ3) is 9.61. The van der Waals surface area contributed by atoms with Crippen LogP contribution in [-0.4, -0.2) is 75.2 Å². The third-order valence-corrected chi connectivity index (χ3v) is 6.73. The van der Waals surface area contributed by atoms with Crippen LogP contribution in [0.4, 0.5) is 4.39 Å². The first kappa shape index (κ1) is 27.5. The predicted molar refractivity (Wildman–Crippen MR) is 128 cm³/mol. The molecule has 2 saturated heterocycles. The lowest BCUT2D eigenvalue weighted by Crippen LogP contribution is -2.41. The minimum absolute atomic E-state index is 0.0648. The fourth-order valence-electron chi connectivity index (χ4n) is 4.99. The monoisotopic (exact) mass is 476 g/mol. The number of rotatable bonds is 7. The summed E-state index contributed by atoms with van der Waals surface area (Å²) in [6.07, 6.45) is 12.3. The summed E-state index contributed by atoms with van der Waals surface area (Å²) in [5.41, 5.74) is 0.838. The third-order valence-electron chi connectivity index (χ3n) is 6.73. The van der Waals surface area contributed by atoms with Gasteiger partial charge in [0.1, 0.15) is 5.82 Å². The van der Waals surface area contributed by atoms with Crippen molar-refractivity contribution in [3.05, 3.63) is 54.4 Å². The summed E-state index contributed by atoms with van der Waals surface area (Å²) in [4.78, 5) is 25.9. The zero-order valence-electron chi connectivity index (χ0n) is 19.7. The maximum atomic E-state index is 13.9. The summed E-state index contributed by atoms with van der Waals surface area (Å²) in [6, 6.07) is 7.21. The highest BCUT2D eigenvalue weighted by Gasteiger charge is 2.29. The Hall–Kier alpha value is -2.78. The smallest absolute Gasteiger partial charge is 0.290 e. The van der Waals surface area contributed by atoms with Crippen molar-refractivity contribution >= 4 is 12.9 Å².